The summed E-state index contributed by atoms with van der Waals surface area (Å²) in [6.07, 6.45) is 1.05. The summed E-state index contributed by atoms with van der Waals surface area (Å²) in [5.74, 6) is -0.920. The highest BCUT2D eigenvalue weighted by molar-refractivity contribution is 5.72. The van der Waals surface area contributed by atoms with Crippen LogP contribution in [0.15, 0.2) is 0 Å². The summed E-state index contributed by atoms with van der Waals surface area (Å²) < 4.78 is 10.9. The largest absolute Gasteiger partial charge is 0.479 e. The fraction of sp³-hybridized carbons (Fsp3) is 0.900. The Morgan fingerprint density at radius 1 is 1.60 bits per heavy atom. The van der Waals surface area contributed by atoms with Crippen LogP contribution >= 0.6 is 0 Å². The summed E-state index contributed by atoms with van der Waals surface area (Å²) in [7, 11) is 0. The van der Waals surface area contributed by atoms with Crippen LogP contribution in [-0.2, 0) is 14.3 Å². The maximum atomic E-state index is 10.9. The maximum Gasteiger partial charge on any atom is 0.332 e. The zero-order valence-corrected chi connectivity index (χ0v) is 9.07. The fourth-order valence-electron chi connectivity index (χ4n) is 1.72. The molecule has 5 nitrogen and oxygen atoms in total. The molecule has 1 atom stereocenters. The van der Waals surface area contributed by atoms with Gasteiger partial charge in [0.05, 0.1) is 5.60 Å². The van der Waals surface area contributed by atoms with Crippen molar-refractivity contribution in [2.75, 3.05) is 19.8 Å². The van der Waals surface area contributed by atoms with E-state index in [1.165, 1.54) is 0 Å². The molecule has 0 radical (unpaired) electrons. The van der Waals surface area contributed by atoms with Gasteiger partial charge in [-0.25, -0.2) is 4.79 Å². The van der Waals surface area contributed by atoms with Gasteiger partial charge in [0, 0.05) is 32.6 Å². The number of carbonyl (C=O) groups is 1. The van der Waals surface area contributed by atoms with Crippen molar-refractivity contribution in [1.29, 1.82) is 0 Å². The molecule has 1 heterocycles. The number of carboxylic acid groups (broad SMARTS) is 1. The quantitative estimate of drug-likeness (QED) is 0.695. The highest BCUT2D eigenvalue weighted by Crippen LogP contribution is 2.26. The van der Waals surface area contributed by atoms with Crippen molar-refractivity contribution in [1.82, 2.24) is 0 Å². The van der Waals surface area contributed by atoms with E-state index in [4.69, 9.17) is 20.3 Å². The summed E-state index contributed by atoms with van der Waals surface area (Å²) in [4.78, 5) is 10.9. The van der Waals surface area contributed by atoms with Gasteiger partial charge < -0.3 is 20.3 Å². The summed E-state index contributed by atoms with van der Waals surface area (Å²) in [5, 5.41) is 8.92. The van der Waals surface area contributed by atoms with Crippen molar-refractivity contribution >= 4 is 5.97 Å². The molecular formula is C10H19NO4. The number of carboxylic acids is 1. The topological polar surface area (TPSA) is 81.8 Å². The monoisotopic (exact) mass is 217 g/mol. The van der Waals surface area contributed by atoms with Crippen LogP contribution in [0.5, 0.6) is 0 Å². The lowest BCUT2D eigenvalue weighted by Gasteiger charge is -2.37. The average molecular weight is 217 g/mol. The van der Waals surface area contributed by atoms with Crippen molar-refractivity contribution in [3.63, 3.8) is 0 Å². The first kappa shape index (κ1) is 12.4. The minimum absolute atomic E-state index is 0.347. The minimum atomic E-state index is -0.920. The Kier molecular flexibility index (Phi) is 4.50. The number of rotatable bonds is 5. The van der Waals surface area contributed by atoms with E-state index in [0.717, 1.165) is 0 Å². The van der Waals surface area contributed by atoms with Crippen LogP contribution in [0, 0.1) is 0 Å². The van der Waals surface area contributed by atoms with Crippen molar-refractivity contribution in [2.45, 2.75) is 37.9 Å². The van der Waals surface area contributed by atoms with E-state index in [1.54, 1.807) is 6.92 Å². The zero-order chi connectivity index (χ0) is 11.3. The lowest BCUT2D eigenvalue weighted by atomic mass is 9.94. The van der Waals surface area contributed by atoms with Crippen LogP contribution in [-0.4, -0.2) is 42.5 Å². The van der Waals surface area contributed by atoms with Crippen LogP contribution in [0.25, 0.3) is 0 Å². The van der Waals surface area contributed by atoms with Gasteiger partial charge in [-0.1, -0.05) is 6.92 Å². The second-order valence-electron chi connectivity index (χ2n) is 3.85. The first-order valence-corrected chi connectivity index (χ1v) is 5.32. The van der Waals surface area contributed by atoms with Gasteiger partial charge in [-0.3, -0.25) is 0 Å². The molecule has 1 saturated heterocycles. The van der Waals surface area contributed by atoms with E-state index in [1.807, 2.05) is 0 Å². The molecule has 0 spiro atoms. The number of nitrogens with two attached hydrogens (primary N) is 1. The number of hydrogen-bond donors (Lipinski definition) is 2. The van der Waals surface area contributed by atoms with Crippen molar-refractivity contribution in [3.8, 4) is 0 Å². The van der Waals surface area contributed by atoms with Crippen LogP contribution in [0.3, 0.4) is 0 Å². The predicted octanol–water partition coefficient (Wildman–Crippen LogP) is 0.374. The number of aliphatic carboxylic acids is 1. The third kappa shape index (κ3) is 3.15. The van der Waals surface area contributed by atoms with Crippen LogP contribution < -0.4 is 5.73 Å². The third-order valence-electron chi connectivity index (χ3n) is 2.81. The van der Waals surface area contributed by atoms with E-state index in [2.05, 4.69) is 0 Å². The number of hydrogen-bond acceptors (Lipinski definition) is 4. The summed E-state index contributed by atoms with van der Waals surface area (Å²) in [6.45, 7) is 3.32. The first-order chi connectivity index (χ1) is 7.13. The molecule has 0 aromatic heterocycles. The van der Waals surface area contributed by atoms with E-state index in [0.29, 0.717) is 39.0 Å². The summed E-state index contributed by atoms with van der Waals surface area (Å²) in [6, 6.07) is 0. The molecule has 0 aromatic carbocycles. The highest BCUT2D eigenvalue weighted by Gasteiger charge is 2.36. The highest BCUT2D eigenvalue weighted by atomic mass is 16.5. The van der Waals surface area contributed by atoms with Gasteiger partial charge in [0.1, 0.15) is 0 Å². The molecule has 0 bridgehead atoms. The van der Waals surface area contributed by atoms with Crippen molar-refractivity contribution in [2.24, 2.45) is 5.73 Å². The lowest BCUT2D eigenvalue weighted by molar-refractivity contribution is -0.175. The van der Waals surface area contributed by atoms with Gasteiger partial charge in [-0.05, 0) is 6.42 Å². The fourth-order valence-corrected chi connectivity index (χ4v) is 1.72. The molecule has 1 aliphatic rings. The molecule has 1 rings (SSSR count). The van der Waals surface area contributed by atoms with Crippen molar-refractivity contribution in [3.05, 3.63) is 0 Å². The lowest BCUT2D eigenvalue weighted by Crippen LogP contribution is -2.49. The normalized spacial score (nSPS) is 22.3. The number of ether oxygens (including phenoxy) is 2. The Morgan fingerprint density at radius 2 is 2.20 bits per heavy atom. The molecule has 1 fully saturated rings. The molecule has 0 aliphatic carbocycles. The zero-order valence-electron chi connectivity index (χ0n) is 9.07. The Labute approximate surface area is 89.5 Å². The predicted molar refractivity (Wildman–Crippen MR) is 54.6 cm³/mol. The Morgan fingerprint density at radius 3 is 2.60 bits per heavy atom. The van der Waals surface area contributed by atoms with Gasteiger partial charge in [-0.2, -0.15) is 0 Å². The Balaban J connectivity index is 2.61. The molecule has 3 N–H and O–H groups in total. The van der Waals surface area contributed by atoms with Crippen LogP contribution in [0.1, 0.15) is 26.2 Å². The summed E-state index contributed by atoms with van der Waals surface area (Å²) in [5.41, 5.74) is 5.17. The van der Waals surface area contributed by atoms with Gasteiger partial charge >= 0.3 is 5.97 Å². The van der Waals surface area contributed by atoms with E-state index in [9.17, 15) is 4.79 Å². The molecule has 1 aliphatic heterocycles. The standard InChI is InChI=1S/C10H19NO4/c1-2-8(9(12)13)15-10(7-11)3-5-14-6-4-10/h8H,2-7,11H2,1H3,(H,12,13). The third-order valence-corrected chi connectivity index (χ3v) is 2.81. The molecule has 88 valence electrons. The van der Waals surface area contributed by atoms with Gasteiger partial charge in [0.25, 0.3) is 0 Å². The summed E-state index contributed by atoms with van der Waals surface area (Å²) >= 11 is 0. The molecule has 15 heavy (non-hydrogen) atoms. The maximum absolute atomic E-state index is 10.9. The average Bonchev–Trinajstić information content (AvgIpc) is 2.27. The van der Waals surface area contributed by atoms with E-state index >= 15 is 0 Å². The smallest absolute Gasteiger partial charge is 0.332 e. The van der Waals surface area contributed by atoms with Crippen molar-refractivity contribution < 1.29 is 19.4 Å². The Bertz CT molecular complexity index is 213. The molecule has 5 heteroatoms. The first-order valence-electron chi connectivity index (χ1n) is 5.32. The van der Waals surface area contributed by atoms with Gasteiger partial charge in [0.15, 0.2) is 6.10 Å². The van der Waals surface area contributed by atoms with Gasteiger partial charge in [0.2, 0.25) is 0 Å². The SMILES string of the molecule is CCC(OC1(CN)CCOCC1)C(=O)O. The Hall–Kier alpha value is -0.650. The van der Waals surface area contributed by atoms with Crippen LogP contribution in [0.4, 0.5) is 0 Å². The molecule has 0 aromatic rings. The minimum Gasteiger partial charge on any atom is -0.479 e. The molecule has 1 unspecified atom stereocenters. The second-order valence-corrected chi connectivity index (χ2v) is 3.85. The second kappa shape index (κ2) is 5.44. The van der Waals surface area contributed by atoms with Gasteiger partial charge in [-0.15, -0.1) is 0 Å². The van der Waals surface area contributed by atoms with Crippen LogP contribution in [0.2, 0.25) is 0 Å². The van der Waals surface area contributed by atoms with E-state index < -0.39 is 17.7 Å². The molecule has 0 saturated carbocycles. The van der Waals surface area contributed by atoms with E-state index in [-0.39, 0.29) is 0 Å². The molecular weight excluding hydrogens is 198 g/mol. The molecule has 0 amide bonds.